The molecule has 0 atom stereocenters. The molecule has 8 heteroatoms. The van der Waals surface area contributed by atoms with E-state index in [9.17, 15) is 13.2 Å². The number of hydrogen-bond donors (Lipinski definition) is 1. The van der Waals surface area contributed by atoms with E-state index in [0.29, 0.717) is 0 Å². The zero-order valence-electron chi connectivity index (χ0n) is 9.95. The zero-order chi connectivity index (χ0) is 13.9. The molecule has 1 N–H and O–H groups in total. The molecule has 0 aliphatic heterocycles. The van der Waals surface area contributed by atoms with Crippen LogP contribution in [0.3, 0.4) is 0 Å². The van der Waals surface area contributed by atoms with Gasteiger partial charge in [-0.3, -0.25) is 0 Å². The molecular weight excluding hydrogens is 306 g/mol. The highest BCUT2D eigenvalue weighted by Crippen LogP contribution is 2.22. The van der Waals surface area contributed by atoms with Crippen LogP contribution in [-0.4, -0.2) is 21.5 Å². The van der Waals surface area contributed by atoms with Crippen LogP contribution >= 0.6 is 22.7 Å². The number of hydrogen-bond acceptors (Lipinski definition) is 6. The van der Waals surface area contributed by atoms with Gasteiger partial charge in [-0.05, 0) is 33.8 Å². The number of carbonyl (C=O) groups excluding carboxylic acids is 1. The molecule has 0 saturated heterocycles. The summed E-state index contributed by atoms with van der Waals surface area (Å²) in [5.74, 6) is -0.647. The van der Waals surface area contributed by atoms with Gasteiger partial charge in [-0.1, -0.05) is 0 Å². The Hall–Kier alpha value is -1.22. The van der Waals surface area contributed by atoms with Crippen LogP contribution < -0.4 is 4.72 Å². The maximum Gasteiger partial charge on any atom is 0.349 e. The van der Waals surface area contributed by atoms with Crippen molar-refractivity contribution in [3.63, 3.8) is 0 Å². The molecule has 0 aliphatic rings. The van der Waals surface area contributed by atoms with Gasteiger partial charge < -0.3 is 4.74 Å². The van der Waals surface area contributed by atoms with Crippen molar-refractivity contribution in [3.8, 4) is 0 Å². The normalized spacial score (nSPS) is 11.4. The third-order valence-corrected chi connectivity index (χ3v) is 5.54. The average Bonchev–Trinajstić information content (AvgIpc) is 3.06. The largest absolute Gasteiger partial charge is 0.465 e. The molecule has 0 fully saturated rings. The van der Waals surface area contributed by atoms with Gasteiger partial charge in [-0.25, -0.2) is 17.9 Å². The van der Waals surface area contributed by atoms with Crippen molar-refractivity contribution >= 4 is 38.7 Å². The molecule has 0 unspecified atom stereocenters. The van der Waals surface area contributed by atoms with Crippen molar-refractivity contribution in [2.24, 2.45) is 0 Å². The number of nitrogens with one attached hydrogen (secondary N) is 1. The fourth-order valence-electron chi connectivity index (χ4n) is 1.40. The Morgan fingerprint density at radius 3 is 2.79 bits per heavy atom. The summed E-state index contributed by atoms with van der Waals surface area (Å²) in [6, 6.07) is 3.23. The third kappa shape index (κ3) is 3.21. The van der Waals surface area contributed by atoms with Crippen LogP contribution in [0.1, 0.15) is 15.2 Å². The highest BCUT2D eigenvalue weighted by Gasteiger charge is 2.24. The third-order valence-electron chi connectivity index (χ3n) is 2.34. The van der Waals surface area contributed by atoms with Crippen LogP contribution in [0.2, 0.25) is 0 Å². The molecule has 0 radical (unpaired) electrons. The molecule has 2 heterocycles. The second-order valence-corrected chi connectivity index (χ2v) is 6.99. The molecule has 0 aliphatic carbocycles. The van der Waals surface area contributed by atoms with E-state index in [0.717, 1.165) is 16.9 Å². The van der Waals surface area contributed by atoms with Crippen molar-refractivity contribution in [2.75, 3.05) is 7.11 Å². The molecule has 0 spiro atoms. The van der Waals surface area contributed by atoms with E-state index < -0.39 is 16.0 Å². The lowest BCUT2D eigenvalue weighted by molar-refractivity contribution is 0.0602. The SMILES string of the molecule is COC(=O)c1sccc1S(=O)(=O)NCc1ccsc1. The number of ether oxygens (including phenoxy) is 1. The van der Waals surface area contributed by atoms with E-state index in [1.807, 2.05) is 16.8 Å². The van der Waals surface area contributed by atoms with Gasteiger partial charge in [-0.15, -0.1) is 11.3 Å². The quantitative estimate of drug-likeness (QED) is 0.857. The second kappa shape index (κ2) is 5.83. The van der Waals surface area contributed by atoms with Gasteiger partial charge in [0.05, 0.1) is 7.11 Å². The van der Waals surface area contributed by atoms with Crippen LogP contribution in [0.5, 0.6) is 0 Å². The molecule has 19 heavy (non-hydrogen) atoms. The fraction of sp³-hybridized carbons (Fsp3) is 0.182. The van der Waals surface area contributed by atoms with Crippen LogP contribution in [0.4, 0.5) is 0 Å². The molecule has 0 bridgehead atoms. The number of methoxy groups -OCH3 is 1. The van der Waals surface area contributed by atoms with Crippen LogP contribution in [0, 0.1) is 0 Å². The Labute approximate surface area is 118 Å². The molecule has 102 valence electrons. The summed E-state index contributed by atoms with van der Waals surface area (Å²) in [5, 5.41) is 5.27. The van der Waals surface area contributed by atoms with Gasteiger partial charge in [0.1, 0.15) is 9.77 Å². The first kappa shape index (κ1) is 14.2. The Morgan fingerprint density at radius 2 is 2.16 bits per heavy atom. The summed E-state index contributed by atoms with van der Waals surface area (Å²) in [5.41, 5.74) is 0.878. The summed E-state index contributed by atoms with van der Waals surface area (Å²) in [6.45, 7) is 0.197. The molecule has 2 aromatic heterocycles. The summed E-state index contributed by atoms with van der Waals surface area (Å²) in [7, 11) is -2.50. The van der Waals surface area contributed by atoms with Gasteiger partial charge in [0, 0.05) is 6.54 Å². The smallest absolute Gasteiger partial charge is 0.349 e. The highest BCUT2D eigenvalue weighted by atomic mass is 32.2. The average molecular weight is 317 g/mol. The Morgan fingerprint density at radius 1 is 1.37 bits per heavy atom. The Bertz CT molecular complexity index is 658. The van der Waals surface area contributed by atoms with Crippen LogP contribution in [0.15, 0.2) is 33.2 Å². The number of esters is 1. The lowest BCUT2D eigenvalue weighted by Gasteiger charge is -2.06. The van der Waals surface area contributed by atoms with Gasteiger partial charge in [-0.2, -0.15) is 11.3 Å². The summed E-state index contributed by atoms with van der Waals surface area (Å²) in [6.07, 6.45) is 0. The zero-order valence-corrected chi connectivity index (χ0v) is 12.4. The van der Waals surface area contributed by atoms with Gasteiger partial charge in [0.2, 0.25) is 10.0 Å². The van der Waals surface area contributed by atoms with Crippen molar-refractivity contribution in [1.29, 1.82) is 0 Å². The summed E-state index contributed by atoms with van der Waals surface area (Å²) >= 11 is 2.53. The molecular formula is C11H11NO4S3. The van der Waals surface area contributed by atoms with Crippen molar-refractivity contribution in [2.45, 2.75) is 11.4 Å². The monoisotopic (exact) mass is 317 g/mol. The minimum Gasteiger partial charge on any atom is -0.465 e. The van der Waals surface area contributed by atoms with Gasteiger partial charge >= 0.3 is 5.97 Å². The predicted octanol–water partition coefficient (Wildman–Crippen LogP) is 2.07. The van der Waals surface area contributed by atoms with Gasteiger partial charge in [0.15, 0.2) is 0 Å². The molecule has 0 amide bonds. The number of rotatable bonds is 5. The molecule has 5 nitrogen and oxygen atoms in total. The summed E-state index contributed by atoms with van der Waals surface area (Å²) < 4.78 is 31.3. The van der Waals surface area contributed by atoms with Crippen molar-refractivity contribution < 1.29 is 17.9 Å². The lowest BCUT2D eigenvalue weighted by Crippen LogP contribution is -2.24. The Kier molecular flexibility index (Phi) is 4.35. The van der Waals surface area contributed by atoms with E-state index in [1.165, 1.54) is 24.5 Å². The number of thiophene rings is 2. The first-order valence-electron chi connectivity index (χ1n) is 5.21. The van der Waals surface area contributed by atoms with Crippen molar-refractivity contribution in [1.82, 2.24) is 4.72 Å². The molecule has 0 aromatic carbocycles. The minimum atomic E-state index is -3.71. The number of carbonyl (C=O) groups is 1. The molecule has 2 rings (SSSR count). The Balaban J connectivity index is 2.20. The maximum atomic E-state index is 12.1. The van der Waals surface area contributed by atoms with Gasteiger partial charge in [0.25, 0.3) is 0 Å². The minimum absolute atomic E-state index is 0.0421. The number of sulfonamides is 1. The van der Waals surface area contributed by atoms with E-state index in [2.05, 4.69) is 9.46 Å². The molecule has 0 saturated carbocycles. The maximum absolute atomic E-state index is 12.1. The lowest BCUT2D eigenvalue weighted by atomic mass is 10.4. The van der Waals surface area contributed by atoms with Crippen LogP contribution in [-0.2, 0) is 21.3 Å². The van der Waals surface area contributed by atoms with E-state index in [-0.39, 0.29) is 16.3 Å². The first-order chi connectivity index (χ1) is 9.04. The first-order valence-corrected chi connectivity index (χ1v) is 8.51. The topological polar surface area (TPSA) is 72.5 Å². The van der Waals surface area contributed by atoms with Crippen molar-refractivity contribution in [3.05, 3.63) is 38.7 Å². The second-order valence-electron chi connectivity index (χ2n) is 3.56. The van der Waals surface area contributed by atoms with E-state index in [4.69, 9.17) is 0 Å². The highest BCUT2D eigenvalue weighted by molar-refractivity contribution is 7.89. The molecule has 2 aromatic rings. The predicted molar refractivity (Wildman–Crippen MR) is 74.0 cm³/mol. The van der Waals surface area contributed by atoms with E-state index >= 15 is 0 Å². The van der Waals surface area contributed by atoms with E-state index in [1.54, 1.807) is 5.38 Å². The van der Waals surface area contributed by atoms with Crippen LogP contribution in [0.25, 0.3) is 0 Å². The standard InChI is InChI=1S/C11H11NO4S3/c1-16-11(13)10-9(3-5-18-10)19(14,15)12-6-8-2-4-17-7-8/h2-5,7,12H,6H2,1H3. The fourth-order valence-corrected chi connectivity index (χ4v) is 4.42. The summed E-state index contributed by atoms with van der Waals surface area (Å²) in [4.78, 5) is 11.5.